The quantitative estimate of drug-likeness (QED) is 0.561. The molecule has 0 bridgehead atoms. The number of likely N-dealkylation sites (tertiary alicyclic amines) is 1. The van der Waals surface area contributed by atoms with Crippen molar-refractivity contribution in [2.45, 2.75) is 110 Å². The lowest BCUT2D eigenvalue weighted by molar-refractivity contribution is -0.133. The number of fused-ring (bicyclic) bond motifs is 5. The van der Waals surface area contributed by atoms with E-state index in [2.05, 4.69) is 26.8 Å². The van der Waals surface area contributed by atoms with Gasteiger partial charge in [-0.2, -0.15) is 0 Å². The van der Waals surface area contributed by atoms with Gasteiger partial charge in [-0.1, -0.05) is 32.4 Å². The molecule has 4 fully saturated rings. The molecule has 0 radical (unpaired) electrons. The van der Waals surface area contributed by atoms with Crippen LogP contribution in [0.2, 0.25) is 0 Å². The Kier molecular flexibility index (Phi) is 6.48. The van der Waals surface area contributed by atoms with Crippen LogP contribution in [0.15, 0.2) is 11.6 Å². The number of amides is 1. The summed E-state index contributed by atoms with van der Waals surface area (Å²) in [5.41, 5.74) is 2.31. The van der Waals surface area contributed by atoms with Crippen molar-refractivity contribution in [3.63, 3.8) is 0 Å². The number of carbonyl (C=O) groups excluding carboxylic acids is 1. The van der Waals surface area contributed by atoms with E-state index in [4.69, 9.17) is 0 Å². The van der Waals surface area contributed by atoms with Crippen LogP contribution in [0, 0.1) is 40.4 Å². The predicted octanol–water partition coefficient (Wildman–Crippen LogP) is 5.33. The highest BCUT2D eigenvalue weighted by Gasteiger charge is 2.59. The molecule has 8 atom stereocenters. The van der Waals surface area contributed by atoms with E-state index in [1.54, 1.807) is 5.57 Å². The number of aliphatic hydroxyl groups excluding tert-OH is 2. The van der Waals surface area contributed by atoms with E-state index < -0.39 is 0 Å². The molecule has 0 aromatic rings. The SMILES string of the molecule is C[C@H](CCC(=O)N1CCC(O)CC1)[C@H]1CC[C@H]2[C@@H]3CC=C4C[C@@H](O)CC[C@]4(C)[C@H]3CC[C@]12C. The second-order valence-corrected chi connectivity index (χ2v) is 13.0. The molecule has 5 rings (SSSR count). The van der Waals surface area contributed by atoms with Gasteiger partial charge in [0, 0.05) is 19.5 Å². The van der Waals surface area contributed by atoms with Crippen LogP contribution in [0.3, 0.4) is 0 Å². The van der Waals surface area contributed by atoms with E-state index >= 15 is 0 Å². The van der Waals surface area contributed by atoms with Crippen molar-refractivity contribution in [2.75, 3.05) is 13.1 Å². The first kappa shape index (κ1) is 23.9. The van der Waals surface area contributed by atoms with Gasteiger partial charge in [-0.25, -0.2) is 0 Å². The Morgan fingerprint density at radius 3 is 2.55 bits per heavy atom. The molecular formula is C29H47NO3. The van der Waals surface area contributed by atoms with Crippen molar-refractivity contribution in [1.82, 2.24) is 4.90 Å². The molecule has 186 valence electrons. The smallest absolute Gasteiger partial charge is 0.222 e. The summed E-state index contributed by atoms with van der Waals surface area (Å²) in [5.74, 6) is 4.08. The van der Waals surface area contributed by atoms with Gasteiger partial charge in [-0.15, -0.1) is 0 Å². The zero-order valence-corrected chi connectivity index (χ0v) is 21.3. The van der Waals surface area contributed by atoms with Crippen molar-refractivity contribution in [3.05, 3.63) is 11.6 Å². The molecule has 1 aliphatic heterocycles. The molecule has 0 unspecified atom stereocenters. The number of allylic oxidation sites excluding steroid dienone is 1. The fourth-order valence-corrected chi connectivity index (χ4v) is 9.44. The average molecular weight is 458 g/mol. The highest BCUT2D eigenvalue weighted by molar-refractivity contribution is 5.76. The van der Waals surface area contributed by atoms with E-state index in [1.165, 1.54) is 38.5 Å². The second-order valence-electron chi connectivity index (χ2n) is 13.0. The predicted molar refractivity (Wildman–Crippen MR) is 131 cm³/mol. The largest absolute Gasteiger partial charge is 0.393 e. The molecule has 1 heterocycles. The molecule has 2 N–H and O–H groups in total. The monoisotopic (exact) mass is 457 g/mol. The summed E-state index contributed by atoms with van der Waals surface area (Å²) in [4.78, 5) is 14.8. The summed E-state index contributed by atoms with van der Waals surface area (Å²) in [6.45, 7) is 8.99. The summed E-state index contributed by atoms with van der Waals surface area (Å²) < 4.78 is 0. The van der Waals surface area contributed by atoms with Crippen LogP contribution < -0.4 is 0 Å². The van der Waals surface area contributed by atoms with Gasteiger partial charge in [-0.05, 0) is 111 Å². The molecule has 3 saturated carbocycles. The van der Waals surface area contributed by atoms with Crippen LogP contribution in [0.25, 0.3) is 0 Å². The Labute approximate surface area is 201 Å². The van der Waals surface area contributed by atoms with Gasteiger partial charge in [0.2, 0.25) is 5.91 Å². The number of nitrogens with zero attached hydrogens (tertiary/aromatic N) is 1. The van der Waals surface area contributed by atoms with Gasteiger partial charge >= 0.3 is 0 Å². The average Bonchev–Trinajstić information content (AvgIpc) is 3.15. The Morgan fingerprint density at radius 2 is 1.79 bits per heavy atom. The standard InChI is InChI=1S/C29H47NO3/c1-19(4-9-27(33)30-16-12-21(31)13-17-30)24-7-8-25-23-6-5-20-18-22(32)10-14-28(20,2)26(23)11-15-29(24,25)3/h5,19,21-26,31-32H,4,6-18H2,1-3H3/t19-,22+,23+,24-,25+,26+,28+,29-/m1/s1. The van der Waals surface area contributed by atoms with Crippen LogP contribution in [0.1, 0.15) is 97.8 Å². The molecular weight excluding hydrogens is 410 g/mol. The highest BCUT2D eigenvalue weighted by Crippen LogP contribution is 2.67. The Hall–Kier alpha value is -0.870. The van der Waals surface area contributed by atoms with Gasteiger partial charge in [0.25, 0.3) is 0 Å². The summed E-state index contributed by atoms with van der Waals surface area (Å²) in [6.07, 6.45) is 15.0. The van der Waals surface area contributed by atoms with Gasteiger partial charge < -0.3 is 15.1 Å². The maximum Gasteiger partial charge on any atom is 0.222 e. The molecule has 0 aromatic carbocycles. The van der Waals surface area contributed by atoms with E-state index in [1.807, 2.05) is 4.90 Å². The zero-order valence-electron chi connectivity index (χ0n) is 21.3. The maximum absolute atomic E-state index is 12.8. The highest BCUT2D eigenvalue weighted by atomic mass is 16.3. The summed E-state index contributed by atoms with van der Waals surface area (Å²) in [5, 5.41) is 20.0. The fraction of sp³-hybridized carbons (Fsp3) is 0.897. The minimum absolute atomic E-state index is 0.121. The lowest BCUT2D eigenvalue weighted by Crippen LogP contribution is -2.50. The van der Waals surface area contributed by atoms with Crippen LogP contribution in [-0.4, -0.2) is 46.3 Å². The van der Waals surface area contributed by atoms with E-state index in [-0.39, 0.29) is 12.2 Å². The van der Waals surface area contributed by atoms with Gasteiger partial charge in [-0.3, -0.25) is 4.79 Å². The first-order valence-electron chi connectivity index (χ1n) is 14.1. The minimum Gasteiger partial charge on any atom is -0.393 e. The molecule has 1 amide bonds. The topological polar surface area (TPSA) is 60.8 Å². The number of hydrogen-bond acceptors (Lipinski definition) is 3. The zero-order chi connectivity index (χ0) is 23.4. The van der Waals surface area contributed by atoms with Gasteiger partial charge in [0.1, 0.15) is 0 Å². The first-order valence-corrected chi connectivity index (χ1v) is 14.1. The molecule has 4 heteroatoms. The fourth-order valence-electron chi connectivity index (χ4n) is 9.44. The Morgan fingerprint density at radius 1 is 1.03 bits per heavy atom. The molecule has 4 aliphatic carbocycles. The molecule has 33 heavy (non-hydrogen) atoms. The second kappa shape index (κ2) is 8.97. The third-order valence-electron chi connectivity index (χ3n) is 11.5. The van der Waals surface area contributed by atoms with Crippen molar-refractivity contribution >= 4 is 5.91 Å². The summed E-state index contributed by atoms with van der Waals surface area (Å²) in [6, 6.07) is 0. The van der Waals surface area contributed by atoms with Crippen molar-refractivity contribution in [2.24, 2.45) is 40.4 Å². The lowest BCUT2D eigenvalue weighted by atomic mass is 9.47. The number of hydrogen-bond donors (Lipinski definition) is 2. The normalized spacial score (nSPS) is 44.5. The van der Waals surface area contributed by atoms with Crippen LogP contribution in [0.4, 0.5) is 0 Å². The molecule has 5 aliphatic rings. The van der Waals surface area contributed by atoms with Crippen molar-refractivity contribution in [1.29, 1.82) is 0 Å². The first-order chi connectivity index (χ1) is 15.7. The van der Waals surface area contributed by atoms with Crippen LogP contribution >= 0.6 is 0 Å². The third-order valence-corrected chi connectivity index (χ3v) is 11.5. The number of carbonyl (C=O) groups is 1. The maximum atomic E-state index is 12.8. The molecule has 0 aromatic heterocycles. The van der Waals surface area contributed by atoms with Gasteiger partial charge in [0.05, 0.1) is 12.2 Å². The van der Waals surface area contributed by atoms with E-state index in [0.717, 1.165) is 68.9 Å². The van der Waals surface area contributed by atoms with E-state index in [0.29, 0.717) is 29.1 Å². The lowest BCUT2D eigenvalue weighted by Gasteiger charge is -2.58. The number of rotatable bonds is 4. The molecule has 0 spiro atoms. The molecule has 4 nitrogen and oxygen atoms in total. The Balaban J connectivity index is 1.23. The summed E-state index contributed by atoms with van der Waals surface area (Å²) in [7, 11) is 0. The van der Waals surface area contributed by atoms with Crippen molar-refractivity contribution in [3.8, 4) is 0 Å². The third kappa shape index (κ3) is 4.11. The molecule has 1 saturated heterocycles. The number of aliphatic hydroxyl groups is 2. The van der Waals surface area contributed by atoms with Crippen LogP contribution in [-0.2, 0) is 4.79 Å². The minimum atomic E-state index is -0.217. The van der Waals surface area contributed by atoms with Gasteiger partial charge in [0.15, 0.2) is 0 Å². The number of piperidine rings is 1. The van der Waals surface area contributed by atoms with Crippen molar-refractivity contribution < 1.29 is 15.0 Å². The van der Waals surface area contributed by atoms with E-state index in [9.17, 15) is 15.0 Å². The summed E-state index contributed by atoms with van der Waals surface area (Å²) >= 11 is 0. The van der Waals surface area contributed by atoms with Crippen LogP contribution in [0.5, 0.6) is 0 Å². The Bertz CT molecular complexity index is 771.